The van der Waals surface area contributed by atoms with Gasteiger partial charge in [0.25, 0.3) is 0 Å². The Morgan fingerprint density at radius 1 is 1.31 bits per heavy atom. The third kappa shape index (κ3) is 4.16. The highest BCUT2D eigenvalue weighted by atomic mass is 32.2. The van der Waals surface area contributed by atoms with Crippen molar-refractivity contribution in [1.82, 2.24) is 0 Å². The fourth-order valence-electron chi connectivity index (χ4n) is 1.57. The average molecular weight is 239 g/mol. The Balaban J connectivity index is 2.59. The standard InChI is InChI=1S/C13H21NOS/c1-3-4-12(14)13(9-15)16-11-7-5-10(2)6-8-11/h5-8,12-13,15H,3-4,9,14H2,1-2H3. The number of thioether (sulfide) groups is 1. The van der Waals surface area contributed by atoms with Gasteiger partial charge in [-0.15, -0.1) is 11.8 Å². The van der Waals surface area contributed by atoms with Crippen LogP contribution < -0.4 is 5.73 Å². The van der Waals surface area contributed by atoms with Crippen LogP contribution in [0.4, 0.5) is 0 Å². The minimum atomic E-state index is 0.0707. The second-order valence-electron chi connectivity index (χ2n) is 4.10. The molecule has 3 N–H and O–H groups in total. The molecule has 1 aromatic rings. The number of aryl methyl sites for hydroxylation is 1. The summed E-state index contributed by atoms with van der Waals surface area (Å²) in [4.78, 5) is 1.18. The van der Waals surface area contributed by atoms with E-state index in [-0.39, 0.29) is 17.9 Å². The number of aliphatic hydroxyl groups is 1. The minimum Gasteiger partial charge on any atom is -0.395 e. The predicted molar refractivity (Wildman–Crippen MR) is 70.8 cm³/mol. The lowest BCUT2D eigenvalue weighted by molar-refractivity contribution is 0.279. The lowest BCUT2D eigenvalue weighted by Crippen LogP contribution is -2.34. The van der Waals surface area contributed by atoms with Crippen molar-refractivity contribution in [3.8, 4) is 0 Å². The first-order valence-electron chi connectivity index (χ1n) is 5.77. The van der Waals surface area contributed by atoms with E-state index in [4.69, 9.17) is 5.73 Å². The number of aliphatic hydroxyl groups excluding tert-OH is 1. The Hall–Kier alpha value is -0.510. The average Bonchev–Trinajstić information content (AvgIpc) is 2.28. The number of hydrogen-bond donors (Lipinski definition) is 2. The van der Waals surface area contributed by atoms with Gasteiger partial charge in [-0.2, -0.15) is 0 Å². The lowest BCUT2D eigenvalue weighted by atomic mass is 10.1. The summed E-state index contributed by atoms with van der Waals surface area (Å²) in [7, 11) is 0. The Morgan fingerprint density at radius 3 is 2.44 bits per heavy atom. The van der Waals surface area contributed by atoms with Crippen LogP contribution >= 0.6 is 11.8 Å². The van der Waals surface area contributed by atoms with Crippen LogP contribution in [0.25, 0.3) is 0 Å². The van der Waals surface area contributed by atoms with Crippen LogP contribution in [-0.2, 0) is 0 Å². The number of hydrogen-bond acceptors (Lipinski definition) is 3. The third-order valence-electron chi connectivity index (χ3n) is 2.59. The van der Waals surface area contributed by atoms with E-state index < -0.39 is 0 Å². The van der Waals surface area contributed by atoms with E-state index in [1.165, 1.54) is 10.5 Å². The van der Waals surface area contributed by atoms with Gasteiger partial charge in [0.15, 0.2) is 0 Å². The van der Waals surface area contributed by atoms with E-state index in [0.717, 1.165) is 12.8 Å². The van der Waals surface area contributed by atoms with Gasteiger partial charge in [-0.05, 0) is 25.5 Å². The first-order chi connectivity index (χ1) is 7.67. The monoisotopic (exact) mass is 239 g/mol. The van der Waals surface area contributed by atoms with Crippen LogP contribution in [-0.4, -0.2) is 23.0 Å². The molecule has 0 radical (unpaired) electrons. The van der Waals surface area contributed by atoms with Crippen LogP contribution in [0, 0.1) is 6.92 Å². The molecule has 0 aliphatic rings. The Morgan fingerprint density at radius 2 is 1.94 bits per heavy atom. The molecule has 2 atom stereocenters. The van der Waals surface area contributed by atoms with Crippen molar-refractivity contribution in [2.75, 3.05) is 6.61 Å². The van der Waals surface area contributed by atoms with E-state index in [1.807, 2.05) is 0 Å². The molecule has 0 aromatic heterocycles. The van der Waals surface area contributed by atoms with E-state index in [1.54, 1.807) is 11.8 Å². The van der Waals surface area contributed by atoms with Crippen molar-refractivity contribution in [1.29, 1.82) is 0 Å². The van der Waals surface area contributed by atoms with Gasteiger partial charge in [0, 0.05) is 16.2 Å². The second-order valence-corrected chi connectivity index (χ2v) is 5.42. The van der Waals surface area contributed by atoms with Crippen LogP contribution in [0.15, 0.2) is 29.2 Å². The number of benzene rings is 1. The zero-order chi connectivity index (χ0) is 12.0. The van der Waals surface area contributed by atoms with Gasteiger partial charge in [0.2, 0.25) is 0 Å². The van der Waals surface area contributed by atoms with E-state index in [2.05, 4.69) is 38.1 Å². The van der Waals surface area contributed by atoms with Crippen molar-refractivity contribution < 1.29 is 5.11 Å². The van der Waals surface area contributed by atoms with Gasteiger partial charge in [-0.25, -0.2) is 0 Å². The molecule has 0 fully saturated rings. The highest BCUT2D eigenvalue weighted by Gasteiger charge is 2.17. The summed E-state index contributed by atoms with van der Waals surface area (Å²) in [6.07, 6.45) is 2.02. The molecular weight excluding hydrogens is 218 g/mol. The first-order valence-corrected chi connectivity index (χ1v) is 6.65. The molecule has 0 bridgehead atoms. The number of nitrogens with two attached hydrogens (primary N) is 1. The van der Waals surface area contributed by atoms with Crippen molar-refractivity contribution in [2.45, 2.75) is 42.9 Å². The molecule has 16 heavy (non-hydrogen) atoms. The smallest absolute Gasteiger partial charge is 0.0568 e. The van der Waals surface area contributed by atoms with Gasteiger partial charge in [-0.1, -0.05) is 31.0 Å². The van der Waals surface area contributed by atoms with Crippen molar-refractivity contribution >= 4 is 11.8 Å². The van der Waals surface area contributed by atoms with Gasteiger partial charge in [0.05, 0.1) is 6.61 Å². The molecule has 0 amide bonds. The topological polar surface area (TPSA) is 46.2 Å². The SMILES string of the molecule is CCCC(N)C(CO)Sc1ccc(C)cc1. The van der Waals surface area contributed by atoms with Crippen LogP contribution in [0.3, 0.4) is 0 Å². The summed E-state index contributed by atoms with van der Waals surface area (Å²) >= 11 is 1.67. The van der Waals surface area contributed by atoms with Crippen LogP contribution in [0.2, 0.25) is 0 Å². The highest BCUT2D eigenvalue weighted by Crippen LogP contribution is 2.26. The molecule has 0 saturated carbocycles. The molecule has 0 spiro atoms. The maximum Gasteiger partial charge on any atom is 0.0568 e. The van der Waals surface area contributed by atoms with Crippen molar-refractivity contribution in [3.63, 3.8) is 0 Å². The third-order valence-corrected chi connectivity index (χ3v) is 3.93. The fraction of sp³-hybridized carbons (Fsp3) is 0.538. The van der Waals surface area contributed by atoms with Gasteiger partial charge in [-0.3, -0.25) is 0 Å². The second kappa shape index (κ2) is 6.94. The summed E-state index contributed by atoms with van der Waals surface area (Å²) in [5.74, 6) is 0. The summed E-state index contributed by atoms with van der Waals surface area (Å²) < 4.78 is 0. The molecule has 3 heteroatoms. The van der Waals surface area contributed by atoms with E-state index >= 15 is 0 Å². The van der Waals surface area contributed by atoms with Crippen molar-refractivity contribution in [3.05, 3.63) is 29.8 Å². The van der Waals surface area contributed by atoms with Crippen LogP contribution in [0.5, 0.6) is 0 Å². The predicted octanol–water partition coefficient (Wildman–Crippen LogP) is 2.58. The van der Waals surface area contributed by atoms with Crippen molar-refractivity contribution in [2.24, 2.45) is 5.73 Å². The van der Waals surface area contributed by atoms with Gasteiger partial charge >= 0.3 is 0 Å². The molecule has 0 aliphatic carbocycles. The first kappa shape index (κ1) is 13.6. The Bertz CT molecular complexity index is 299. The molecule has 0 saturated heterocycles. The Kier molecular flexibility index (Phi) is 5.88. The molecule has 0 heterocycles. The zero-order valence-corrected chi connectivity index (χ0v) is 10.8. The Labute approximate surface area is 102 Å². The molecule has 0 aliphatic heterocycles. The maximum atomic E-state index is 9.34. The summed E-state index contributed by atoms with van der Waals surface area (Å²) in [6.45, 7) is 4.32. The largest absolute Gasteiger partial charge is 0.395 e. The van der Waals surface area contributed by atoms with Crippen LogP contribution in [0.1, 0.15) is 25.3 Å². The van der Waals surface area contributed by atoms with Gasteiger partial charge < -0.3 is 10.8 Å². The number of rotatable bonds is 6. The molecule has 1 aromatic carbocycles. The molecular formula is C13H21NOS. The highest BCUT2D eigenvalue weighted by molar-refractivity contribution is 8.00. The van der Waals surface area contributed by atoms with E-state index in [9.17, 15) is 5.11 Å². The van der Waals surface area contributed by atoms with E-state index in [0.29, 0.717) is 0 Å². The minimum absolute atomic E-state index is 0.0707. The lowest BCUT2D eigenvalue weighted by Gasteiger charge is -2.21. The van der Waals surface area contributed by atoms with Gasteiger partial charge in [0.1, 0.15) is 0 Å². The molecule has 90 valence electrons. The maximum absolute atomic E-state index is 9.34. The molecule has 2 nitrogen and oxygen atoms in total. The molecule has 2 unspecified atom stereocenters. The summed E-state index contributed by atoms with van der Waals surface area (Å²) in [6, 6.07) is 8.41. The quantitative estimate of drug-likeness (QED) is 0.750. The molecule has 1 rings (SSSR count). The summed E-state index contributed by atoms with van der Waals surface area (Å²) in [5.41, 5.74) is 7.29. The summed E-state index contributed by atoms with van der Waals surface area (Å²) in [5, 5.41) is 9.44. The normalized spacial score (nSPS) is 14.8. The fourth-order valence-corrected chi connectivity index (χ4v) is 2.60. The zero-order valence-electron chi connectivity index (χ0n) is 10.0.